The second-order valence-corrected chi connectivity index (χ2v) is 7.66. The molecule has 2 N–H and O–H groups in total. The van der Waals surface area contributed by atoms with Gasteiger partial charge in [0.25, 0.3) is 0 Å². The van der Waals surface area contributed by atoms with Crippen LogP contribution in [0, 0.1) is 6.92 Å². The van der Waals surface area contributed by atoms with Crippen molar-refractivity contribution in [3.05, 3.63) is 65.5 Å². The van der Waals surface area contributed by atoms with Gasteiger partial charge in [-0.3, -0.25) is 4.79 Å². The average molecular weight is 385 g/mol. The molecule has 0 fully saturated rings. The quantitative estimate of drug-likeness (QED) is 0.651. The lowest BCUT2D eigenvalue weighted by molar-refractivity contribution is -0.145. The van der Waals surface area contributed by atoms with E-state index in [4.69, 9.17) is 9.88 Å². The van der Waals surface area contributed by atoms with Crippen LogP contribution in [0.25, 0.3) is 11.0 Å². The van der Waals surface area contributed by atoms with E-state index in [0.29, 0.717) is 12.1 Å². The Labute approximate surface area is 157 Å². The zero-order valence-electron chi connectivity index (χ0n) is 14.8. The van der Waals surface area contributed by atoms with Crippen molar-refractivity contribution in [1.29, 1.82) is 0 Å². The summed E-state index contributed by atoms with van der Waals surface area (Å²) in [5.41, 5.74) is 3.72. The molecular weight excluding hydrogens is 366 g/mol. The van der Waals surface area contributed by atoms with Gasteiger partial charge in [-0.25, -0.2) is 23.5 Å². The Morgan fingerprint density at radius 3 is 2.30 bits per heavy atom. The first-order chi connectivity index (χ1) is 12.8. The number of fused-ring (bicyclic) bond motifs is 1. The van der Waals surface area contributed by atoms with E-state index in [1.807, 2.05) is 31.2 Å². The lowest BCUT2D eigenvalue weighted by Gasteiger charge is -2.08. The summed E-state index contributed by atoms with van der Waals surface area (Å²) < 4.78 is 27.8. The zero-order valence-corrected chi connectivity index (χ0v) is 15.6. The van der Waals surface area contributed by atoms with E-state index in [1.165, 1.54) is 12.1 Å². The molecule has 140 valence electrons. The van der Waals surface area contributed by atoms with Crippen molar-refractivity contribution >= 4 is 27.0 Å². The van der Waals surface area contributed by atoms with E-state index in [1.54, 1.807) is 12.1 Å². The molecule has 0 unspecified atom stereocenters. The molecule has 0 amide bonds. The second-order valence-electron chi connectivity index (χ2n) is 6.09. The van der Waals surface area contributed by atoms with E-state index < -0.39 is 10.0 Å². The highest BCUT2D eigenvalue weighted by molar-refractivity contribution is 7.89. The highest BCUT2D eigenvalue weighted by Crippen LogP contribution is 2.14. The van der Waals surface area contributed by atoms with Crippen LogP contribution in [0.15, 0.2) is 53.4 Å². The van der Waals surface area contributed by atoms with Gasteiger partial charge >= 0.3 is 5.97 Å². The molecule has 0 aliphatic heterocycles. The highest BCUT2D eigenvalue weighted by atomic mass is 32.2. The average Bonchev–Trinajstić information content (AvgIpc) is 2.64. The third-order valence-corrected chi connectivity index (χ3v) is 5.01. The lowest BCUT2D eigenvalue weighted by atomic mass is 10.1. The van der Waals surface area contributed by atoms with Crippen molar-refractivity contribution in [2.24, 2.45) is 5.14 Å². The van der Waals surface area contributed by atoms with Crippen molar-refractivity contribution in [2.45, 2.75) is 31.3 Å². The Bertz CT molecular complexity index is 1080. The number of carbonyl (C=O) groups is 1. The number of nitrogens with zero attached hydrogens (tertiary/aromatic N) is 2. The number of aryl methyl sites for hydroxylation is 2. The largest absolute Gasteiger partial charge is 0.459 e. The first kappa shape index (κ1) is 18.9. The van der Waals surface area contributed by atoms with Gasteiger partial charge in [0, 0.05) is 6.42 Å². The van der Waals surface area contributed by atoms with Gasteiger partial charge < -0.3 is 4.74 Å². The minimum absolute atomic E-state index is 0.0409. The van der Waals surface area contributed by atoms with Gasteiger partial charge in [0.2, 0.25) is 10.0 Å². The first-order valence-corrected chi connectivity index (χ1v) is 9.87. The molecule has 0 bridgehead atoms. The third-order valence-electron chi connectivity index (χ3n) is 4.08. The number of aromatic nitrogens is 2. The number of primary sulfonamides is 1. The molecular formula is C19H19N3O4S. The normalized spacial score (nSPS) is 11.5. The molecule has 8 heteroatoms. The molecule has 0 aliphatic rings. The molecule has 3 aromatic rings. The number of carbonyl (C=O) groups excluding carboxylic acids is 1. The fourth-order valence-electron chi connectivity index (χ4n) is 2.57. The monoisotopic (exact) mass is 385 g/mol. The van der Waals surface area contributed by atoms with Crippen molar-refractivity contribution in [1.82, 2.24) is 9.97 Å². The van der Waals surface area contributed by atoms with E-state index in [0.717, 1.165) is 22.3 Å². The van der Waals surface area contributed by atoms with Crippen LogP contribution < -0.4 is 5.14 Å². The van der Waals surface area contributed by atoms with Gasteiger partial charge in [-0.1, -0.05) is 24.3 Å². The van der Waals surface area contributed by atoms with Gasteiger partial charge in [-0.15, -0.1) is 0 Å². The number of hydrogen-bond donors (Lipinski definition) is 1. The van der Waals surface area contributed by atoms with Crippen molar-refractivity contribution in [3.8, 4) is 0 Å². The van der Waals surface area contributed by atoms with Crippen LogP contribution in [0.4, 0.5) is 0 Å². The summed E-state index contributed by atoms with van der Waals surface area (Å²) in [7, 11) is -3.71. The van der Waals surface area contributed by atoms with E-state index in [-0.39, 0.29) is 23.9 Å². The molecule has 0 spiro atoms. The van der Waals surface area contributed by atoms with Crippen LogP contribution in [-0.2, 0) is 32.6 Å². The maximum atomic E-state index is 12.0. The smallest absolute Gasteiger partial charge is 0.306 e. The Balaban J connectivity index is 1.56. The molecule has 27 heavy (non-hydrogen) atoms. The fraction of sp³-hybridized carbons (Fsp3) is 0.211. The van der Waals surface area contributed by atoms with Crippen LogP contribution in [0.1, 0.15) is 23.4 Å². The summed E-state index contributed by atoms with van der Waals surface area (Å²) in [5.74, 6) is -0.361. The van der Waals surface area contributed by atoms with Crippen LogP contribution in [0.3, 0.4) is 0 Å². The van der Waals surface area contributed by atoms with E-state index in [9.17, 15) is 13.2 Å². The molecule has 0 radical (unpaired) electrons. The van der Waals surface area contributed by atoms with Crippen LogP contribution in [0.5, 0.6) is 0 Å². The summed E-state index contributed by atoms with van der Waals surface area (Å²) in [4.78, 5) is 21.0. The Hall–Kier alpha value is -2.84. The van der Waals surface area contributed by atoms with Crippen LogP contribution in [0.2, 0.25) is 0 Å². The molecule has 0 saturated carbocycles. The molecule has 0 saturated heterocycles. The maximum Gasteiger partial charge on any atom is 0.306 e. The minimum Gasteiger partial charge on any atom is -0.459 e. The molecule has 2 aromatic carbocycles. The highest BCUT2D eigenvalue weighted by Gasteiger charge is 2.10. The van der Waals surface area contributed by atoms with Gasteiger partial charge in [-0.2, -0.15) is 0 Å². The Morgan fingerprint density at radius 2 is 1.67 bits per heavy atom. The summed E-state index contributed by atoms with van der Waals surface area (Å²) in [6.45, 7) is 1.89. The topological polar surface area (TPSA) is 112 Å². The predicted octanol–water partition coefficient (Wildman–Crippen LogP) is 2.26. The van der Waals surface area contributed by atoms with Crippen LogP contribution in [-0.4, -0.2) is 24.4 Å². The number of para-hydroxylation sites is 2. The second kappa shape index (κ2) is 7.81. The van der Waals surface area contributed by atoms with Crippen molar-refractivity contribution in [2.75, 3.05) is 0 Å². The SMILES string of the molecule is Cc1nc2ccccc2nc1COC(=O)CCc1ccc(S(N)(=O)=O)cc1. The van der Waals surface area contributed by atoms with E-state index in [2.05, 4.69) is 9.97 Å². The number of esters is 1. The zero-order chi connectivity index (χ0) is 19.4. The maximum absolute atomic E-state index is 12.0. The Morgan fingerprint density at radius 1 is 1.04 bits per heavy atom. The molecule has 3 rings (SSSR count). The standard InChI is InChI=1S/C19H19N3O4S/c1-13-18(22-17-5-3-2-4-16(17)21-13)12-26-19(23)11-8-14-6-9-15(10-7-14)27(20,24)25/h2-7,9-10H,8,11-12H2,1H3,(H2,20,24,25). The molecule has 1 aromatic heterocycles. The first-order valence-electron chi connectivity index (χ1n) is 8.32. The summed E-state index contributed by atoms with van der Waals surface area (Å²) >= 11 is 0. The summed E-state index contributed by atoms with van der Waals surface area (Å²) in [5, 5.41) is 5.06. The number of nitrogens with two attached hydrogens (primary N) is 1. The van der Waals surface area contributed by atoms with Crippen molar-refractivity contribution in [3.63, 3.8) is 0 Å². The van der Waals surface area contributed by atoms with Gasteiger partial charge in [0.05, 0.1) is 27.3 Å². The summed E-state index contributed by atoms with van der Waals surface area (Å²) in [6.07, 6.45) is 0.612. The van der Waals surface area contributed by atoms with Gasteiger partial charge in [-0.05, 0) is 43.2 Å². The fourth-order valence-corrected chi connectivity index (χ4v) is 3.09. The Kier molecular flexibility index (Phi) is 5.48. The van der Waals surface area contributed by atoms with E-state index >= 15 is 0 Å². The number of benzene rings is 2. The number of hydrogen-bond acceptors (Lipinski definition) is 6. The number of rotatable bonds is 6. The third kappa shape index (κ3) is 4.87. The molecule has 7 nitrogen and oxygen atoms in total. The molecule has 1 heterocycles. The predicted molar refractivity (Wildman–Crippen MR) is 100 cm³/mol. The number of sulfonamides is 1. The summed E-state index contributed by atoms with van der Waals surface area (Å²) in [6, 6.07) is 13.6. The van der Waals surface area contributed by atoms with Gasteiger partial charge in [0.15, 0.2) is 0 Å². The lowest BCUT2D eigenvalue weighted by Crippen LogP contribution is -2.12. The van der Waals surface area contributed by atoms with Crippen LogP contribution >= 0.6 is 0 Å². The molecule has 0 atom stereocenters. The number of ether oxygens (including phenoxy) is 1. The van der Waals surface area contributed by atoms with Gasteiger partial charge in [0.1, 0.15) is 6.61 Å². The molecule has 0 aliphatic carbocycles. The minimum atomic E-state index is -3.71. The van der Waals surface area contributed by atoms with Crippen molar-refractivity contribution < 1.29 is 17.9 Å².